The van der Waals surface area contributed by atoms with Crippen LogP contribution in [-0.2, 0) is 24.3 Å². The van der Waals surface area contributed by atoms with Crippen LogP contribution in [0.25, 0.3) is 0 Å². The van der Waals surface area contributed by atoms with Gasteiger partial charge in [0.05, 0.1) is 25.3 Å². The summed E-state index contributed by atoms with van der Waals surface area (Å²) in [6.45, 7) is 5.01. The molecule has 2 unspecified atom stereocenters. The Morgan fingerprint density at radius 1 is 1.03 bits per heavy atom. The summed E-state index contributed by atoms with van der Waals surface area (Å²) < 4.78 is 8.62. The number of benzene rings is 2. The largest absolute Gasteiger partial charge is 0.371 e. The second-order valence-electron chi connectivity index (χ2n) is 8.41. The summed E-state index contributed by atoms with van der Waals surface area (Å²) >= 11 is 7.14. The van der Waals surface area contributed by atoms with E-state index >= 15 is 0 Å². The maximum Gasteiger partial charge on any atom is 0.340 e. The summed E-state index contributed by atoms with van der Waals surface area (Å²) in [6, 6.07) is 15.2. The van der Waals surface area contributed by atoms with Crippen LogP contribution < -0.4 is 5.69 Å². The molecule has 5 rings (SSSR count). The average molecular weight is 636 g/mol. The topological polar surface area (TPSA) is 77.2 Å². The van der Waals surface area contributed by atoms with Crippen LogP contribution >= 0.6 is 56.7 Å². The number of aromatic amines is 2. The van der Waals surface area contributed by atoms with Crippen molar-refractivity contribution in [2.24, 2.45) is 0 Å². The lowest BCUT2D eigenvalue weighted by molar-refractivity contribution is -0.0296. The number of ether oxygens (including phenoxy) is 1. The van der Waals surface area contributed by atoms with Gasteiger partial charge in [-0.1, -0.05) is 56.1 Å². The molecule has 2 aromatic carbocycles. The summed E-state index contributed by atoms with van der Waals surface area (Å²) in [5, 5.41) is 6.48. The van der Waals surface area contributed by atoms with Gasteiger partial charge in [0.15, 0.2) is 0 Å². The molecule has 1 saturated heterocycles. The van der Waals surface area contributed by atoms with E-state index in [1.165, 1.54) is 11.1 Å². The first-order valence-electron chi connectivity index (χ1n) is 10.8. The van der Waals surface area contributed by atoms with Crippen molar-refractivity contribution >= 4 is 56.7 Å². The normalized spacial score (nSPS) is 20.4. The fourth-order valence-electron chi connectivity index (χ4n) is 4.81. The smallest absolute Gasteiger partial charge is 0.340 e. The number of hydrogen-bond acceptors (Lipinski definition) is 5. The van der Waals surface area contributed by atoms with E-state index in [0.29, 0.717) is 19.0 Å². The van der Waals surface area contributed by atoms with Gasteiger partial charge in [0, 0.05) is 41.5 Å². The highest BCUT2D eigenvalue weighted by Crippen LogP contribution is 2.38. The van der Waals surface area contributed by atoms with E-state index in [9.17, 15) is 4.79 Å². The van der Waals surface area contributed by atoms with Gasteiger partial charge in [-0.15, -0.1) is 24.8 Å². The van der Waals surface area contributed by atoms with Crippen molar-refractivity contribution in [1.82, 2.24) is 25.0 Å². The number of piperazine rings is 1. The SMILES string of the molecule is Cl.Cl.O=c1[nH]nc(CN2CCN(C3c4ccccc4CC3OCc3cc(Br)cc(Br)c3)CC2)[nH]1. The average Bonchev–Trinajstić information content (AvgIpc) is 3.35. The van der Waals surface area contributed by atoms with Gasteiger partial charge >= 0.3 is 5.69 Å². The highest BCUT2D eigenvalue weighted by Gasteiger charge is 2.38. The molecule has 2 N–H and O–H groups in total. The Balaban J connectivity index is 0.00000162. The van der Waals surface area contributed by atoms with Crippen LogP contribution in [0.2, 0.25) is 0 Å². The van der Waals surface area contributed by atoms with Crippen LogP contribution in [0.1, 0.15) is 28.6 Å². The number of nitrogens with one attached hydrogen (secondary N) is 2. The van der Waals surface area contributed by atoms with Gasteiger partial charge in [-0.3, -0.25) is 14.8 Å². The molecular formula is C23H27Br2Cl2N5O2. The quantitative estimate of drug-likeness (QED) is 0.418. The van der Waals surface area contributed by atoms with E-state index in [0.717, 1.165) is 47.1 Å². The molecule has 1 aliphatic carbocycles. The first kappa shape index (κ1) is 27.4. The fraction of sp³-hybridized carbons (Fsp3) is 0.391. The van der Waals surface area contributed by atoms with Crippen LogP contribution in [-0.4, -0.2) is 57.3 Å². The number of aromatic nitrogens is 3. The predicted octanol–water partition coefficient (Wildman–Crippen LogP) is 4.47. The molecule has 3 aromatic rings. The molecule has 2 heterocycles. The van der Waals surface area contributed by atoms with Gasteiger partial charge in [0.2, 0.25) is 0 Å². The summed E-state index contributed by atoms with van der Waals surface area (Å²) in [5.41, 5.74) is 3.67. The Kier molecular flexibility index (Phi) is 9.80. The van der Waals surface area contributed by atoms with Crippen LogP contribution in [0.3, 0.4) is 0 Å². The molecule has 0 amide bonds. The molecule has 0 bridgehead atoms. The lowest BCUT2D eigenvalue weighted by atomic mass is 10.0. The number of rotatable bonds is 6. The van der Waals surface area contributed by atoms with E-state index in [-0.39, 0.29) is 42.6 Å². The Bertz CT molecular complexity index is 1130. The zero-order chi connectivity index (χ0) is 22.1. The number of fused-ring (bicyclic) bond motifs is 1. The molecule has 1 aliphatic heterocycles. The van der Waals surface area contributed by atoms with E-state index in [4.69, 9.17) is 4.74 Å². The summed E-state index contributed by atoms with van der Waals surface area (Å²) in [4.78, 5) is 18.9. The third-order valence-corrected chi connectivity index (χ3v) is 7.17. The number of H-pyrrole nitrogens is 2. The predicted molar refractivity (Wildman–Crippen MR) is 144 cm³/mol. The van der Waals surface area contributed by atoms with Crippen LogP contribution in [0.15, 0.2) is 56.2 Å². The molecule has 2 aliphatic rings. The maximum absolute atomic E-state index is 11.3. The van der Waals surface area contributed by atoms with Crippen molar-refractivity contribution < 1.29 is 4.74 Å². The summed E-state index contributed by atoms with van der Waals surface area (Å²) in [5.74, 6) is 0.691. The molecule has 0 radical (unpaired) electrons. The lowest BCUT2D eigenvalue weighted by Gasteiger charge is -2.40. The van der Waals surface area contributed by atoms with Crippen molar-refractivity contribution in [3.05, 3.63) is 84.4 Å². The van der Waals surface area contributed by atoms with Crippen LogP contribution in [0.4, 0.5) is 0 Å². The molecule has 0 spiro atoms. The molecular weight excluding hydrogens is 609 g/mol. The van der Waals surface area contributed by atoms with E-state index in [2.05, 4.69) is 93.2 Å². The zero-order valence-corrected chi connectivity index (χ0v) is 23.2. The fourth-order valence-corrected chi connectivity index (χ4v) is 6.20. The van der Waals surface area contributed by atoms with E-state index in [1.807, 2.05) is 6.07 Å². The van der Waals surface area contributed by atoms with Crippen molar-refractivity contribution in [3.63, 3.8) is 0 Å². The molecule has 7 nitrogen and oxygen atoms in total. The Morgan fingerprint density at radius 2 is 1.74 bits per heavy atom. The lowest BCUT2D eigenvalue weighted by Crippen LogP contribution is -2.49. The summed E-state index contributed by atoms with van der Waals surface area (Å²) in [6.07, 6.45) is 1.06. The molecule has 0 saturated carbocycles. The first-order valence-corrected chi connectivity index (χ1v) is 12.4. The number of halogens is 4. The third-order valence-electron chi connectivity index (χ3n) is 6.26. The molecule has 11 heteroatoms. The number of hydrogen-bond donors (Lipinski definition) is 2. The molecule has 1 fully saturated rings. The zero-order valence-electron chi connectivity index (χ0n) is 18.4. The van der Waals surface area contributed by atoms with Gasteiger partial charge in [-0.05, 0) is 34.9 Å². The van der Waals surface area contributed by atoms with Gasteiger partial charge in [-0.25, -0.2) is 9.89 Å². The Hall–Kier alpha value is -1.20. The second-order valence-corrected chi connectivity index (χ2v) is 10.2. The van der Waals surface area contributed by atoms with Gasteiger partial charge in [0.25, 0.3) is 0 Å². The minimum atomic E-state index is -0.251. The van der Waals surface area contributed by atoms with Crippen molar-refractivity contribution in [1.29, 1.82) is 0 Å². The van der Waals surface area contributed by atoms with Crippen molar-refractivity contribution in [2.75, 3.05) is 26.2 Å². The molecule has 1 aromatic heterocycles. The standard InChI is InChI=1S/C23H25Br2N5O2.2ClH/c24-17-9-15(10-18(25)12-17)14-32-20-11-16-3-1-2-4-19(16)22(20)30-7-5-29(6-8-30)13-21-26-23(31)28-27-21;;/h1-4,9-10,12,20,22H,5-8,11,13-14H2,(H2,26,27,28,31);2*1H. The maximum atomic E-state index is 11.3. The van der Waals surface area contributed by atoms with Crippen molar-refractivity contribution in [2.45, 2.75) is 31.7 Å². The number of nitrogens with zero attached hydrogens (tertiary/aromatic N) is 3. The van der Waals surface area contributed by atoms with Crippen molar-refractivity contribution in [3.8, 4) is 0 Å². The van der Waals surface area contributed by atoms with Crippen LogP contribution in [0, 0.1) is 0 Å². The van der Waals surface area contributed by atoms with Gasteiger partial charge in [-0.2, -0.15) is 5.10 Å². The Morgan fingerprint density at radius 3 is 2.41 bits per heavy atom. The van der Waals surface area contributed by atoms with E-state index in [1.54, 1.807) is 0 Å². The second kappa shape index (κ2) is 12.2. The minimum Gasteiger partial charge on any atom is -0.371 e. The van der Waals surface area contributed by atoms with Crippen LogP contribution in [0.5, 0.6) is 0 Å². The highest BCUT2D eigenvalue weighted by molar-refractivity contribution is 9.11. The summed E-state index contributed by atoms with van der Waals surface area (Å²) in [7, 11) is 0. The Labute approximate surface area is 227 Å². The molecule has 2 atom stereocenters. The highest BCUT2D eigenvalue weighted by atomic mass is 79.9. The monoisotopic (exact) mass is 633 g/mol. The van der Waals surface area contributed by atoms with Gasteiger partial charge < -0.3 is 4.74 Å². The molecule has 34 heavy (non-hydrogen) atoms. The third kappa shape index (κ3) is 6.32. The molecule has 184 valence electrons. The minimum absolute atomic E-state index is 0. The van der Waals surface area contributed by atoms with Gasteiger partial charge in [0.1, 0.15) is 5.82 Å². The van der Waals surface area contributed by atoms with E-state index < -0.39 is 0 Å². The first-order chi connectivity index (χ1) is 15.5.